The van der Waals surface area contributed by atoms with Crippen LogP contribution in [0, 0.1) is 6.92 Å². The maximum Gasteiger partial charge on any atom is 0.272 e. The van der Waals surface area contributed by atoms with Gasteiger partial charge < -0.3 is 9.73 Å². The lowest BCUT2D eigenvalue weighted by Crippen LogP contribution is -2.24. The van der Waals surface area contributed by atoms with Crippen molar-refractivity contribution in [2.75, 3.05) is 0 Å². The number of carbonyl (C=O) groups is 1. The standard InChI is InChI=1S/C15H15N5O2/c1-10-7-12(19-20(10)2)15(21)18-8-13-14(17-5-4-16-13)11-3-6-22-9-11/h3-7,9H,8H2,1-2H3,(H,18,21). The van der Waals surface area contributed by atoms with E-state index in [0.717, 1.165) is 11.3 Å². The average Bonchev–Trinajstić information content (AvgIpc) is 3.16. The second-order valence-corrected chi connectivity index (χ2v) is 4.84. The third-order valence-corrected chi connectivity index (χ3v) is 3.33. The number of nitrogens with one attached hydrogen (secondary N) is 1. The van der Waals surface area contributed by atoms with E-state index >= 15 is 0 Å². The molecule has 0 spiro atoms. The molecule has 0 bridgehead atoms. The first-order valence-electron chi connectivity index (χ1n) is 6.76. The van der Waals surface area contributed by atoms with Crippen molar-refractivity contribution in [2.45, 2.75) is 13.5 Å². The third kappa shape index (κ3) is 2.73. The van der Waals surface area contributed by atoms with Gasteiger partial charge in [-0.3, -0.25) is 19.4 Å². The van der Waals surface area contributed by atoms with E-state index in [-0.39, 0.29) is 12.5 Å². The Hall–Kier alpha value is -2.96. The molecule has 3 rings (SSSR count). The molecule has 0 radical (unpaired) electrons. The van der Waals surface area contributed by atoms with Gasteiger partial charge in [0.2, 0.25) is 0 Å². The Labute approximate surface area is 127 Å². The molecule has 0 fully saturated rings. The number of amides is 1. The van der Waals surface area contributed by atoms with E-state index < -0.39 is 0 Å². The van der Waals surface area contributed by atoms with Gasteiger partial charge in [0.1, 0.15) is 5.69 Å². The van der Waals surface area contributed by atoms with Gasteiger partial charge in [-0.05, 0) is 19.1 Å². The van der Waals surface area contributed by atoms with Crippen molar-refractivity contribution in [3.8, 4) is 11.3 Å². The van der Waals surface area contributed by atoms with Crippen LogP contribution in [0.5, 0.6) is 0 Å². The minimum Gasteiger partial charge on any atom is -0.472 e. The molecule has 1 N–H and O–H groups in total. The average molecular weight is 297 g/mol. The minimum atomic E-state index is -0.243. The van der Waals surface area contributed by atoms with Crippen LogP contribution in [0.4, 0.5) is 0 Å². The molecule has 3 heterocycles. The van der Waals surface area contributed by atoms with E-state index in [2.05, 4.69) is 20.4 Å². The van der Waals surface area contributed by atoms with Gasteiger partial charge in [-0.1, -0.05) is 0 Å². The van der Waals surface area contributed by atoms with Crippen molar-refractivity contribution in [1.82, 2.24) is 25.1 Å². The Balaban J connectivity index is 1.76. The van der Waals surface area contributed by atoms with Gasteiger partial charge in [0.05, 0.1) is 30.5 Å². The molecule has 0 aliphatic rings. The number of aromatic nitrogens is 4. The van der Waals surface area contributed by atoms with E-state index in [1.165, 1.54) is 0 Å². The third-order valence-electron chi connectivity index (χ3n) is 3.33. The molecule has 3 aromatic heterocycles. The van der Waals surface area contributed by atoms with E-state index in [0.29, 0.717) is 17.1 Å². The fourth-order valence-corrected chi connectivity index (χ4v) is 2.06. The number of aryl methyl sites for hydroxylation is 2. The van der Waals surface area contributed by atoms with E-state index in [1.54, 1.807) is 48.8 Å². The fourth-order valence-electron chi connectivity index (χ4n) is 2.06. The molecule has 112 valence electrons. The van der Waals surface area contributed by atoms with Crippen LogP contribution in [0.2, 0.25) is 0 Å². The highest BCUT2D eigenvalue weighted by Gasteiger charge is 2.13. The molecule has 22 heavy (non-hydrogen) atoms. The summed E-state index contributed by atoms with van der Waals surface area (Å²) < 4.78 is 6.73. The molecular weight excluding hydrogens is 282 g/mol. The Morgan fingerprint density at radius 2 is 2.18 bits per heavy atom. The number of carbonyl (C=O) groups excluding carboxylic acids is 1. The summed E-state index contributed by atoms with van der Waals surface area (Å²) in [5.41, 5.74) is 3.49. The highest BCUT2D eigenvalue weighted by atomic mass is 16.3. The van der Waals surface area contributed by atoms with Crippen LogP contribution in [-0.4, -0.2) is 25.7 Å². The van der Waals surface area contributed by atoms with Crippen LogP contribution in [0.1, 0.15) is 21.9 Å². The summed E-state index contributed by atoms with van der Waals surface area (Å²) in [4.78, 5) is 20.7. The molecular formula is C15H15N5O2. The Kier molecular flexibility index (Phi) is 3.69. The molecule has 0 unspecified atom stereocenters. The smallest absolute Gasteiger partial charge is 0.272 e. The maximum absolute atomic E-state index is 12.1. The van der Waals surface area contributed by atoms with Gasteiger partial charge in [-0.25, -0.2) is 0 Å². The van der Waals surface area contributed by atoms with E-state index in [9.17, 15) is 4.79 Å². The first kappa shape index (κ1) is 14.0. The summed E-state index contributed by atoms with van der Waals surface area (Å²) in [6.07, 6.45) is 6.37. The quantitative estimate of drug-likeness (QED) is 0.792. The van der Waals surface area contributed by atoms with E-state index in [1.807, 2.05) is 6.92 Å². The summed E-state index contributed by atoms with van der Waals surface area (Å²) in [6.45, 7) is 2.16. The monoisotopic (exact) mass is 297 g/mol. The van der Waals surface area contributed by atoms with Gasteiger partial charge in [-0.2, -0.15) is 5.10 Å². The van der Waals surface area contributed by atoms with Crippen molar-refractivity contribution in [3.63, 3.8) is 0 Å². The van der Waals surface area contributed by atoms with Gasteiger partial charge in [0.15, 0.2) is 0 Å². The Morgan fingerprint density at radius 3 is 2.86 bits per heavy atom. The molecule has 0 saturated carbocycles. The number of hydrogen-bond acceptors (Lipinski definition) is 5. The molecule has 7 nitrogen and oxygen atoms in total. The van der Waals surface area contributed by atoms with Gasteiger partial charge in [-0.15, -0.1) is 0 Å². The van der Waals surface area contributed by atoms with Crippen molar-refractivity contribution < 1.29 is 9.21 Å². The first-order valence-corrected chi connectivity index (χ1v) is 6.76. The normalized spacial score (nSPS) is 10.6. The van der Waals surface area contributed by atoms with Gasteiger partial charge in [0, 0.05) is 30.7 Å². The Morgan fingerprint density at radius 1 is 1.36 bits per heavy atom. The molecule has 0 aliphatic heterocycles. The molecule has 0 saturated heterocycles. The molecule has 3 aromatic rings. The van der Waals surface area contributed by atoms with Crippen LogP contribution in [0.25, 0.3) is 11.3 Å². The van der Waals surface area contributed by atoms with Gasteiger partial charge in [0.25, 0.3) is 5.91 Å². The molecule has 1 amide bonds. The number of nitrogens with zero attached hydrogens (tertiary/aromatic N) is 4. The lowest BCUT2D eigenvalue weighted by atomic mass is 10.2. The summed E-state index contributed by atoms with van der Waals surface area (Å²) in [5.74, 6) is -0.243. The summed E-state index contributed by atoms with van der Waals surface area (Å²) in [5, 5.41) is 6.96. The van der Waals surface area contributed by atoms with Crippen molar-refractivity contribution in [3.05, 3.63) is 54.1 Å². The van der Waals surface area contributed by atoms with Crippen LogP contribution in [-0.2, 0) is 13.6 Å². The van der Waals surface area contributed by atoms with Gasteiger partial charge >= 0.3 is 0 Å². The zero-order chi connectivity index (χ0) is 15.5. The molecule has 0 atom stereocenters. The predicted molar refractivity (Wildman–Crippen MR) is 78.8 cm³/mol. The highest BCUT2D eigenvalue weighted by Crippen LogP contribution is 2.19. The number of hydrogen-bond donors (Lipinski definition) is 1. The first-order chi connectivity index (χ1) is 10.6. The molecule has 0 aliphatic carbocycles. The second kappa shape index (κ2) is 5.80. The maximum atomic E-state index is 12.1. The highest BCUT2D eigenvalue weighted by molar-refractivity contribution is 5.92. The predicted octanol–water partition coefficient (Wildman–Crippen LogP) is 1.71. The minimum absolute atomic E-state index is 0.243. The zero-order valence-electron chi connectivity index (χ0n) is 12.3. The summed E-state index contributed by atoms with van der Waals surface area (Å²) >= 11 is 0. The summed E-state index contributed by atoms with van der Waals surface area (Å²) in [7, 11) is 1.80. The summed E-state index contributed by atoms with van der Waals surface area (Å²) in [6, 6.07) is 3.54. The lowest BCUT2D eigenvalue weighted by Gasteiger charge is -2.06. The fraction of sp³-hybridized carbons (Fsp3) is 0.200. The lowest BCUT2D eigenvalue weighted by molar-refractivity contribution is 0.0944. The van der Waals surface area contributed by atoms with Crippen LogP contribution >= 0.6 is 0 Å². The number of rotatable bonds is 4. The van der Waals surface area contributed by atoms with Crippen molar-refractivity contribution in [2.24, 2.45) is 7.05 Å². The molecule has 7 heteroatoms. The number of furan rings is 1. The van der Waals surface area contributed by atoms with E-state index in [4.69, 9.17) is 4.42 Å². The largest absolute Gasteiger partial charge is 0.472 e. The zero-order valence-corrected chi connectivity index (χ0v) is 12.3. The van der Waals surface area contributed by atoms with Crippen molar-refractivity contribution >= 4 is 5.91 Å². The van der Waals surface area contributed by atoms with Crippen molar-refractivity contribution in [1.29, 1.82) is 0 Å². The second-order valence-electron chi connectivity index (χ2n) is 4.84. The van der Waals surface area contributed by atoms with Crippen LogP contribution in [0.3, 0.4) is 0 Å². The SMILES string of the molecule is Cc1cc(C(=O)NCc2nccnc2-c2ccoc2)nn1C. The molecule has 0 aromatic carbocycles. The topological polar surface area (TPSA) is 85.8 Å². The van der Waals surface area contributed by atoms with Crippen LogP contribution in [0.15, 0.2) is 41.5 Å². The Bertz CT molecular complexity index is 773. The van der Waals surface area contributed by atoms with Crippen LogP contribution < -0.4 is 5.32 Å².